The van der Waals surface area contributed by atoms with Crippen molar-refractivity contribution in [3.8, 4) is 0 Å². The first kappa shape index (κ1) is 16.4. The number of benzene rings is 1. The number of hydrogen-bond donors (Lipinski definition) is 1. The highest BCUT2D eigenvalue weighted by Crippen LogP contribution is 2.33. The van der Waals surface area contributed by atoms with Crippen LogP contribution in [0.15, 0.2) is 24.3 Å². The van der Waals surface area contributed by atoms with Gasteiger partial charge in [0.15, 0.2) is 0 Å². The van der Waals surface area contributed by atoms with Gasteiger partial charge in [-0.1, -0.05) is 24.6 Å². The van der Waals surface area contributed by atoms with Crippen LogP contribution in [0.25, 0.3) is 0 Å². The fraction of sp³-hybridized carbons (Fsp3) is 0.375. The predicted molar refractivity (Wildman–Crippen MR) is 85.2 cm³/mol. The first-order valence-corrected chi connectivity index (χ1v) is 8.13. The van der Waals surface area contributed by atoms with E-state index >= 15 is 0 Å². The van der Waals surface area contributed by atoms with Crippen molar-refractivity contribution in [2.75, 3.05) is 6.54 Å². The molecule has 2 rings (SSSR count). The molecule has 0 bridgehead atoms. The molecule has 1 aromatic heterocycles. The van der Waals surface area contributed by atoms with Crippen molar-refractivity contribution in [3.05, 3.63) is 56.2 Å². The van der Waals surface area contributed by atoms with Crippen LogP contribution in [0.5, 0.6) is 0 Å². The summed E-state index contributed by atoms with van der Waals surface area (Å²) < 4.78 is 27.6. The van der Waals surface area contributed by atoms with Gasteiger partial charge < -0.3 is 5.32 Å². The third-order valence-corrected chi connectivity index (χ3v) is 4.97. The minimum absolute atomic E-state index is 0.0129. The maximum absolute atomic E-state index is 13.8. The molecule has 1 N–H and O–H groups in total. The molecule has 114 valence electrons. The van der Waals surface area contributed by atoms with Crippen molar-refractivity contribution >= 4 is 22.9 Å². The van der Waals surface area contributed by atoms with Crippen LogP contribution < -0.4 is 5.32 Å². The minimum atomic E-state index is -0.552. The molecule has 0 saturated heterocycles. The van der Waals surface area contributed by atoms with E-state index in [-0.39, 0.29) is 6.04 Å². The van der Waals surface area contributed by atoms with Gasteiger partial charge in [0, 0.05) is 17.0 Å². The number of halogens is 3. The molecular weight excluding hydrogens is 312 g/mol. The molecule has 1 nitrogen and oxygen atoms in total. The molecule has 1 aromatic carbocycles. The summed E-state index contributed by atoms with van der Waals surface area (Å²) >= 11 is 7.64. The quantitative estimate of drug-likeness (QED) is 0.761. The van der Waals surface area contributed by atoms with Crippen LogP contribution in [-0.2, 0) is 6.42 Å². The lowest BCUT2D eigenvalue weighted by atomic mass is 10.0. The number of aryl methyl sites for hydroxylation is 1. The zero-order chi connectivity index (χ0) is 15.4. The third-order valence-electron chi connectivity index (χ3n) is 3.30. The Kier molecular flexibility index (Phi) is 5.73. The standard InChI is InChI=1S/C16H18ClF2NS/c1-3-6-20-14(15-7-10(2)16(17)21-15)8-11-4-5-12(18)9-13(11)19/h4-5,7,9,14,20H,3,6,8H2,1-2H3. The van der Waals surface area contributed by atoms with Gasteiger partial charge in [0.05, 0.1) is 4.34 Å². The van der Waals surface area contributed by atoms with E-state index in [0.717, 1.165) is 33.8 Å². The van der Waals surface area contributed by atoms with Crippen molar-refractivity contribution in [2.45, 2.75) is 32.7 Å². The summed E-state index contributed by atoms with van der Waals surface area (Å²) in [6.07, 6.45) is 1.46. The molecule has 0 aliphatic carbocycles. The number of thiophene rings is 1. The van der Waals surface area contributed by atoms with Crippen molar-refractivity contribution in [1.29, 1.82) is 0 Å². The molecule has 0 radical (unpaired) electrons. The molecular formula is C16H18ClF2NS. The molecule has 0 aliphatic heterocycles. The number of nitrogens with one attached hydrogen (secondary N) is 1. The fourth-order valence-corrected chi connectivity index (χ4v) is 3.45. The molecule has 0 amide bonds. The molecule has 2 aromatic rings. The molecule has 0 saturated carbocycles. The monoisotopic (exact) mass is 329 g/mol. The van der Waals surface area contributed by atoms with Gasteiger partial charge in [0.1, 0.15) is 11.6 Å². The maximum Gasteiger partial charge on any atom is 0.129 e. The predicted octanol–water partition coefficient (Wildman–Crippen LogP) is 5.27. The van der Waals surface area contributed by atoms with E-state index in [1.807, 2.05) is 13.0 Å². The average Bonchev–Trinajstić information content (AvgIpc) is 2.77. The van der Waals surface area contributed by atoms with Gasteiger partial charge in [-0.15, -0.1) is 11.3 Å². The molecule has 1 heterocycles. The van der Waals surface area contributed by atoms with Gasteiger partial charge in [-0.05, 0) is 49.6 Å². The maximum atomic E-state index is 13.8. The second-order valence-corrected chi connectivity index (χ2v) is 6.74. The van der Waals surface area contributed by atoms with E-state index in [1.165, 1.54) is 23.5 Å². The summed E-state index contributed by atoms with van der Waals surface area (Å²) in [6, 6.07) is 5.75. The normalized spacial score (nSPS) is 12.6. The van der Waals surface area contributed by atoms with E-state index < -0.39 is 11.6 Å². The third kappa shape index (κ3) is 4.25. The largest absolute Gasteiger partial charge is 0.309 e. The SMILES string of the molecule is CCCNC(Cc1ccc(F)cc1F)c1cc(C)c(Cl)s1. The van der Waals surface area contributed by atoms with Gasteiger partial charge in [-0.3, -0.25) is 0 Å². The molecule has 0 aliphatic rings. The Morgan fingerprint density at radius 3 is 2.62 bits per heavy atom. The zero-order valence-electron chi connectivity index (χ0n) is 12.1. The van der Waals surface area contributed by atoms with E-state index in [2.05, 4.69) is 12.2 Å². The van der Waals surface area contributed by atoms with Crippen molar-refractivity contribution in [1.82, 2.24) is 5.32 Å². The summed E-state index contributed by atoms with van der Waals surface area (Å²) in [5.74, 6) is -1.05. The first-order chi connectivity index (χ1) is 10.0. The smallest absolute Gasteiger partial charge is 0.129 e. The molecule has 5 heteroatoms. The number of hydrogen-bond acceptors (Lipinski definition) is 2. The van der Waals surface area contributed by atoms with Gasteiger partial charge in [0.25, 0.3) is 0 Å². The zero-order valence-corrected chi connectivity index (χ0v) is 13.6. The van der Waals surface area contributed by atoms with Crippen LogP contribution in [0.2, 0.25) is 4.34 Å². The highest BCUT2D eigenvalue weighted by molar-refractivity contribution is 7.16. The van der Waals surface area contributed by atoms with Gasteiger partial charge in [0.2, 0.25) is 0 Å². The van der Waals surface area contributed by atoms with Crippen molar-refractivity contribution in [3.63, 3.8) is 0 Å². The molecule has 1 atom stereocenters. The summed E-state index contributed by atoms with van der Waals surface area (Å²) in [6.45, 7) is 4.87. The Morgan fingerprint density at radius 2 is 2.05 bits per heavy atom. The Hall–Kier alpha value is -0.970. The average molecular weight is 330 g/mol. The second-order valence-electron chi connectivity index (χ2n) is 5.05. The summed E-state index contributed by atoms with van der Waals surface area (Å²) in [7, 11) is 0. The summed E-state index contributed by atoms with van der Waals surface area (Å²) in [4.78, 5) is 1.08. The summed E-state index contributed by atoms with van der Waals surface area (Å²) in [5, 5.41) is 3.41. The lowest BCUT2D eigenvalue weighted by molar-refractivity contribution is 0.513. The molecule has 1 unspecified atom stereocenters. The Bertz CT molecular complexity index is 593. The number of rotatable bonds is 6. The summed E-state index contributed by atoms with van der Waals surface area (Å²) in [5.41, 5.74) is 1.53. The van der Waals surface area contributed by atoms with Crippen LogP contribution in [0, 0.1) is 18.6 Å². The van der Waals surface area contributed by atoms with Gasteiger partial charge >= 0.3 is 0 Å². The van der Waals surface area contributed by atoms with Gasteiger partial charge in [-0.25, -0.2) is 8.78 Å². The Balaban J connectivity index is 2.23. The Labute approximate surface area is 133 Å². The fourth-order valence-electron chi connectivity index (χ4n) is 2.15. The van der Waals surface area contributed by atoms with Crippen LogP contribution >= 0.6 is 22.9 Å². The van der Waals surface area contributed by atoms with E-state index in [9.17, 15) is 8.78 Å². The van der Waals surface area contributed by atoms with E-state index in [4.69, 9.17) is 11.6 Å². The van der Waals surface area contributed by atoms with Gasteiger partial charge in [-0.2, -0.15) is 0 Å². The highest BCUT2D eigenvalue weighted by atomic mass is 35.5. The molecule has 0 spiro atoms. The Morgan fingerprint density at radius 1 is 1.29 bits per heavy atom. The first-order valence-electron chi connectivity index (χ1n) is 6.94. The topological polar surface area (TPSA) is 12.0 Å². The van der Waals surface area contributed by atoms with Crippen molar-refractivity contribution in [2.24, 2.45) is 0 Å². The van der Waals surface area contributed by atoms with E-state index in [1.54, 1.807) is 0 Å². The molecule has 21 heavy (non-hydrogen) atoms. The van der Waals surface area contributed by atoms with Crippen molar-refractivity contribution < 1.29 is 8.78 Å². The minimum Gasteiger partial charge on any atom is -0.309 e. The molecule has 0 fully saturated rings. The lowest BCUT2D eigenvalue weighted by Crippen LogP contribution is -2.23. The van der Waals surface area contributed by atoms with Crippen LogP contribution in [-0.4, -0.2) is 6.54 Å². The van der Waals surface area contributed by atoms with Crippen LogP contribution in [0.1, 0.15) is 35.4 Å². The van der Waals surface area contributed by atoms with Crippen LogP contribution in [0.4, 0.5) is 8.78 Å². The van der Waals surface area contributed by atoms with Crippen LogP contribution in [0.3, 0.4) is 0 Å². The second kappa shape index (κ2) is 7.34. The highest BCUT2D eigenvalue weighted by Gasteiger charge is 2.17. The van der Waals surface area contributed by atoms with E-state index in [0.29, 0.717) is 12.0 Å². The lowest BCUT2D eigenvalue weighted by Gasteiger charge is -2.17.